The van der Waals surface area contributed by atoms with Crippen LogP contribution in [-0.2, 0) is 15.7 Å². The first-order valence-electron chi connectivity index (χ1n) is 5.77. The van der Waals surface area contributed by atoms with Gasteiger partial charge in [0.1, 0.15) is 5.60 Å². The number of carbonyl (C=O) groups is 1. The second-order valence-corrected chi connectivity index (χ2v) is 5.96. The fourth-order valence-corrected chi connectivity index (χ4v) is 1.84. The van der Waals surface area contributed by atoms with Gasteiger partial charge in [-0.05, 0) is 44.5 Å². The van der Waals surface area contributed by atoms with Crippen LogP contribution in [0.4, 0.5) is 13.2 Å². The van der Waals surface area contributed by atoms with E-state index in [-0.39, 0.29) is 4.47 Å². The Hall–Kier alpha value is -1.30. The molecule has 0 amide bonds. The Morgan fingerprint density at radius 1 is 1.25 bits per heavy atom. The number of rotatable bonds is 2. The molecule has 0 aliphatic carbocycles. The normalized spacial score (nSPS) is 12.8. The van der Waals surface area contributed by atoms with E-state index in [0.717, 1.165) is 12.1 Å². The van der Waals surface area contributed by atoms with Crippen LogP contribution < -0.4 is 0 Å². The van der Waals surface area contributed by atoms with Gasteiger partial charge in [-0.25, -0.2) is 4.79 Å². The van der Waals surface area contributed by atoms with Crippen molar-refractivity contribution in [3.63, 3.8) is 0 Å². The fourth-order valence-electron chi connectivity index (χ4n) is 1.33. The first-order valence-corrected chi connectivity index (χ1v) is 6.56. The Labute approximate surface area is 123 Å². The maximum atomic E-state index is 12.5. The Morgan fingerprint density at radius 3 is 2.30 bits per heavy atom. The van der Waals surface area contributed by atoms with Crippen molar-refractivity contribution < 1.29 is 22.7 Å². The molecular weight excluding hydrogens is 337 g/mol. The van der Waals surface area contributed by atoms with E-state index in [4.69, 9.17) is 4.74 Å². The molecule has 0 saturated heterocycles. The highest BCUT2D eigenvalue weighted by Crippen LogP contribution is 2.32. The van der Waals surface area contributed by atoms with Crippen LogP contribution in [0.3, 0.4) is 0 Å². The molecule has 0 N–H and O–H groups in total. The summed E-state index contributed by atoms with van der Waals surface area (Å²) in [6.07, 6.45) is -1.81. The van der Waals surface area contributed by atoms with Gasteiger partial charge in [0.15, 0.2) is 0 Å². The molecule has 1 rings (SSSR count). The van der Waals surface area contributed by atoms with Crippen LogP contribution in [0.1, 0.15) is 31.9 Å². The summed E-state index contributed by atoms with van der Waals surface area (Å²) in [6, 6.07) is 3.21. The number of carbonyl (C=O) groups excluding carboxylic acids is 1. The number of benzene rings is 1. The molecule has 0 heterocycles. The monoisotopic (exact) mass is 350 g/mol. The molecule has 0 aliphatic heterocycles. The summed E-state index contributed by atoms with van der Waals surface area (Å²) >= 11 is 3.05. The first kappa shape index (κ1) is 16.8. The van der Waals surface area contributed by atoms with Crippen LogP contribution >= 0.6 is 15.9 Å². The van der Waals surface area contributed by atoms with Gasteiger partial charge in [0.25, 0.3) is 0 Å². The molecule has 0 fully saturated rings. The third kappa shape index (κ3) is 5.36. The molecule has 2 nitrogen and oxygen atoms in total. The van der Waals surface area contributed by atoms with Gasteiger partial charge in [-0.2, -0.15) is 13.2 Å². The third-order valence-electron chi connectivity index (χ3n) is 2.13. The van der Waals surface area contributed by atoms with Gasteiger partial charge in [0, 0.05) is 10.5 Å². The fraction of sp³-hybridized carbons (Fsp3) is 0.357. The summed E-state index contributed by atoms with van der Waals surface area (Å²) in [6.45, 7) is 5.19. The van der Waals surface area contributed by atoms with E-state index in [0.29, 0.717) is 5.56 Å². The molecule has 0 aromatic heterocycles. The molecular formula is C14H14BrF3O2. The summed E-state index contributed by atoms with van der Waals surface area (Å²) in [7, 11) is 0. The standard InChI is InChI=1S/C14H14BrF3O2/c1-13(2,3)20-12(19)7-5-9-4-6-10(8-11(9)15)14(16,17)18/h4-8H,1-3H3/b7-5+. The van der Waals surface area contributed by atoms with E-state index in [2.05, 4.69) is 15.9 Å². The minimum absolute atomic E-state index is 0.257. The number of halogens is 4. The minimum Gasteiger partial charge on any atom is -0.457 e. The Morgan fingerprint density at radius 2 is 1.85 bits per heavy atom. The molecule has 20 heavy (non-hydrogen) atoms. The van der Waals surface area contributed by atoms with Crippen LogP contribution in [0, 0.1) is 0 Å². The second kappa shape index (κ2) is 5.99. The van der Waals surface area contributed by atoms with E-state index in [1.165, 1.54) is 18.2 Å². The second-order valence-electron chi connectivity index (χ2n) is 5.10. The zero-order chi connectivity index (χ0) is 15.6. The van der Waals surface area contributed by atoms with E-state index in [1.54, 1.807) is 20.8 Å². The molecule has 1 aromatic rings. The van der Waals surface area contributed by atoms with Gasteiger partial charge in [-0.1, -0.05) is 22.0 Å². The SMILES string of the molecule is CC(C)(C)OC(=O)/C=C/c1ccc(C(F)(F)F)cc1Br. The highest BCUT2D eigenvalue weighted by Gasteiger charge is 2.30. The van der Waals surface area contributed by atoms with Crippen molar-refractivity contribution >= 4 is 28.0 Å². The van der Waals surface area contributed by atoms with Gasteiger partial charge >= 0.3 is 12.1 Å². The number of hydrogen-bond acceptors (Lipinski definition) is 2. The largest absolute Gasteiger partial charge is 0.457 e. The highest BCUT2D eigenvalue weighted by atomic mass is 79.9. The van der Waals surface area contributed by atoms with Crippen LogP contribution in [0.15, 0.2) is 28.7 Å². The Balaban J connectivity index is 2.87. The van der Waals surface area contributed by atoms with Crippen LogP contribution in [-0.4, -0.2) is 11.6 Å². The Bertz CT molecular complexity index is 528. The van der Waals surface area contributed by atoms with E-state index in [1.807, 2.05) is 0 Å². The number of esters is 1. The van der Waals surface area contributed by atoms with Gasteiger partial charge in [0.2, 0.25) is 0 Å². The maximum absolute atomic E-state index is 12.5. The van der Waals surface area contributed by atoms with Gasteiger partial charge in [-0.3, -0.25) is 0 Å². The zero-order valence-corrected chi connectivity index (χ0v) is 12.8. The lowest BCUT2D eigenvalue weighted by atomic mass is 10.1. The van der Waals surface area contributed by atoms with E-state index < -0.39 is 23.3 Å². The van der Waals surface area contributed by atoms with Crippen molar-refractivity contribution in [2.75, 3.05) is 0 Å². The van der Waals surface area contributed by atoms with Crippen molar-refractivity contribution in [3.8, 4) is 0 Å². The molecule has 6 heteroatoms. The molecule has 0 atom stereocenters. The van der Waals surface area contributed by atoms with E-state index in [9.17, 15) is 18.0 Å². The summed E-state index contributed by atoms with van der Waals surface area (Å²) < 4.78 is 42.8. The van der Waals surface area contributed by atoms with Crippen LogP contribution in [0.5, 0.6) is 0 Å². The van der Waals surface area contributed by atoms with Crippen LogP contribution in [0.25, 0.3) is 6.08 Å². The molecule has 0 saturated carbocycles. The quantitative estimate of drug-likeness (QED) is 0.564. The summed E-state index contributed by atoms with van der Waals surface area (Å²) in [5.74, 6) is -0.552. The molecule has 0 aliphatic rings. The van der Waals surface area contributed by atoms with Crippen molar-refractivity contribution in [1.29, 1.82) is 0 Å². The predicted octanol–water partition coefficient (Wildman–Crippen LogP) is 4.82. The van der Waals surface area contributed by atoms with Crippen LogP contribution in [0.2, 0.25) is 0 Å². The maximum Gasteiger partial charge on any atom is 0.416 e. The molecule has 0 unspecified atom stereocenters. The van der Waals surface area contributed by atoms with Crippen molar-refractivity contribution in [2.45, 2.75) is 32.5 Å². The highest BCUT2D eigenvalue weighted by molar-refractivity contribution is 9.10. The summed E-state index contributed by atoms with van der Waals surface area (Å²) in [5.41, 5.74) is -0.902. The molecule has 1 aromatic carbocycles. The van der Waals surface area contributed by atoms with Crippen molar-refractivity contribution in [1.82, 2.24) is 0 Å². The Kier molecular flexibility index (Phi) is 5.02. The zero-order valence-electron chi connectivity index (χ0n) is 11.2. The lowest BCUT2D eigenvalue weighted by Gasteiger charge is -2.17. The van der Waals surface area contributed by atoms with Gasteiger partial charge in [0.05, 0.1) is 5.56 Å². The summed E-state index contributed by atoms with van der Waals surface area (Å²) in [5, 5.41) is 0. The topological polar surface area (TPSA) is 26.3 Å². The molecule has 0 bridgehead atoms. The smallest absolute Gasteiger partial charge is 0.416 e. The minimum atomic E-state index is -4.39. The average molecular weight is 351 g/mol. The molecule has 0 spiro atoms. The number of hydrogen-bond donors (Lipinski definition) is 0. The molecule has 110 valence electrons. The van der Waals surface area contributed by atoms with E-state index >= 15 is 0 Å². The number of alkyl halides is 3. The lowest BCUT2D eigenvalue weighted by Crippen LogP contribution is -2.22. The summed E-state index contributed by atoms with van der Waals surface area (Å²) in [4.78, 5) is 11.5. The lowest BCUT2D eigenvalue weighted by molar-refractivity contribution is -0.148. The van der Waals surface area contributed by atoms with Gasteiger partial charge < -0.3 is 4.74 Å². The average Bonchev–Trinajstić information content (AvgIpc) is 2.23. The predicted molar refractivity (Wildman–Crippen MR) is 74.0 cm³/mol. The first-order chi connectivity index (χ1) is 8.99. The number of ether oxygens (including phenoxy) is 1. The van der Waals surface area contributed by atoms with Crippen molar-refractivity contribution in [2.24, 2.45) is 0 Å². The van der Waals surface area contributed by atoms with Gasteiger partial charge in [-0.15, -0.1) is 0 Å². The molecule has 0 radical (unpaired) electrons. The third-order valence-corrected chi connectivity index (χ3v) is 2.82. The van der Waals surface area contributed by atoms with Crippen molar-refractivity contribution in [3.05, 3.63) is 39.9 Å².